The smallest absolute Gasteiger partial charge is 0.315 e. The van der Waals surface area contributed by atoms with Gasteiger partial charge in [0.25, 0.3) is 0 Å². The molecule has 0 heterocycles. The monoisotopic (exact) mass is 360 g/mol. The summed E-state index contributed by atoms with van der Waals surface area (Å²) < 4.78 is 10.5. The summed E-state index contributed by atoms with van der Waals surface area (Å²) in [6.45, 7) is 1.09. The van der Waals surface area contributed by atoms with Gasteiger partial charge in [-0.25, -0.2) is 4.79 Å². The first kappa shape index (κ1) is 19.0. The Hall–Kier alpha value is -2.34. The summed E-state index contributed by atoms with van der Waals surface area (Å²) in [6, 6.07) is 15.7. The van der Waals surface area contributed by atoms with Crippen LogP contribution in [0.5, 0.6) is 11.5 Å². The first-order chi connectivity index (χ1) is 12.2. The van der Waals surface area contributed by atoms with Crippen molar-refractivity contribution in [3.63, 3.8) is 0 Å². The molecular weight excluding hydrogens is 336 g/mol. The zero-order valence-corrected chi connectivity index (χ0v) is 15.4. The molecule has 2 amide bonds. The average Bonchev–Trinajstić information content (AvgIpc) is 2.66. The second-order valence-corrected chi connectivity index (χ2v) is 6.48. The third kappa shape index (κ3) is 6.58. The van der Waals surface area contributed by atoms with E-state index in [1.165, 1.54) is 4.90 Å². The molecule has 0 unspecified atom stereocenters. The van der Waals surface area contributed by atoms with Crippen molar-refractivity contribution >= 4 is 17.8 Å². The number of carbonyl (C=O) groups excluding carboxylic acids is 1. The second kappa shape index (κ2) is 10.5. The van der Waals surface area contributed by atoms with E-state index in [0.29, 0.717) is 24.6 Å². The molecule has 6 heteroatoms. The molecule has 0 aliphatic heterocycles. The number of hydrogen-bond donors (Lipinski definition) is 2. The Morgan fingerprint density at radius 3 is 2.48 bits per heavy atom. The Bertz CT molecular complexity index is 665. The van der Waals surface area contributed by atoms with Crippen LogP contribution in [0.2, 0.25) is 0 Å². The van der Waals surface area contributed by atoms with Crippen molar-refractivity contribution in [1.29, 1.82) is 0 Å². The Morgan fingerprint density at radius 1 is 1.00 bits per heavy atom. The molecule has 0 aliphatic rings. The van der Waals surface area contributed by atoms with E-state index >= 15 is 0 Å². The fourth-order valence-corrected chi connectivity index (χ4v) is 3.09. The molecule has 0 spiro atoms. The van der Waals surface area contributed by atoms with Crippen LogP contribution in [0.4, 0.5) is 4.79 Å². The summed E-state index contributed by atoms with van der Waals surface area (Å²) in [5.41, 5.74) is 0.951. The Morgan fingerprint density at radius 2 is 1.76 bits per heavy atom. The number of carbonyl (C=O) groups is 1. The minimum Gasteiger partial charge on any atom is -0.493 e. The van der Waals surface area contributed by atoms with Gasteiger partial charge in [0.05, 0.1) is 14.2 Å². The van der Waals surface area contributed by atoms with E-state index < -0.39 is 0 Å². The van der Waals surface area contributed by atoms with Crippen molar-refractivity contribution in [2.75, 3.05) is 26.5 Å². The summed E-state index contributed by atoms with van der Waals surface area (Å²) in [6.07, 6.45) is 0.920. The van der Waals surface area contributed by atoms with Crippen molar-refractivity contribution in [2.45, 2.75) is 17.9 Å². The highest BCUT2D eigenvalue weighted by Gasteiger charge is 2.06. The van der Waals surface area contributed by atoms with Crippen LogP contribution in [0.25, 0.3) is 0 Å². The molecule has 0 atom stereocenters. The molecule has 0 fully saturated rings. The molecule has 2 rings (SSSR count). The second-order valence-electron chi connectivity index (χ2n) is 5.31. The van der Waals surface area contributed by atoms with Gasteiger partial charge >= 0.3 is 6.03 Å². The third-order valence-corrected chi connectivity index (χ3v) is 4.62. The summed E-state index contributed by atoms with van der Waals surface area (Å²) in [5, 5.41) is 5.71. The average molecular weight is 360 g/mol. The van der Waals surface area contributed by atoms with Gasteiger partial charge < -0.3 is 20.1 Å². The van der Waals surface area contributed by atoms with Crippen LogP contribution in [-0.2, 0) is 6.54 Å². The van der Waals surface area contributed by atoms with E-state index in [1.54, 1.807) is 26.0 Å². The van der Waals surface area contributed by atoms with Gasteiger partial charge in [0, 0.05) is 18.0 Å². The fraction of sp³-hybridized carbons (Fsp3) is 0.316. The maximum atomic E-state index is 11.8. The highest BCUT2D eigenvalue weighted by molar-refractivity contribution is 7.99. The molecule has 0 aromatic heterocycles. The number of amides is 2. The molecule has 25 heavy (non-hydrogen) atoms. The molecule has 0 saturated heterocycles. The van der Waals surface area contributed by atoms with Crippen LogP contribution in [0, 0.1) is 0 Å². The number of nitrogens with one attached hydrogen (secondary N) is 2. The molecule has 2 aromatic rings. The Labute approximate surface area is 153 Å². The quantitative estimate of drug-likeness (QED) is 0.529. The van der Waals surface area contributed by atoms with Crippen molar-refractivity contribution in [2.24, 2.45) is 0 Å². The number of ether oxygens (including phenoxy) is 2. The number of thioether (sulfide) groups is 1. The molecular formula is C19H24N2O3S. The lowest BCUT2D eigenvalue weighted by molar-refractivity contribution is 0.240. The lowest BCUT2D eigenvalue weighted by Crippen LogP contribution is -2.35. The van der Waals surface area contributed by atoms with Gasteiger partial charge in [-0.3, -0.25) is 0 Å². The highest BCUT2D eigenvalue weighted by Crippen LogP contribution is 2.27. The zero-order valence-electron chi connectivity index (χ0n) is 14.6. The Balaban J connectivity index is 1.64. The van der Waals surface area contributed by atoms with Gasteiger partial charge in [0.1, 0.15) is 0 Å². The highest BCUT2D eigenvalue weighted by atomic mass is 32.2. The summed E-state index contributed by atoms with van der Waals surface area (Å²) in [4.78, 5) is 13.1. The van der Waals surface area contributed by atoms with E-state index in [1.807, 2.05) is 36.4 Å². The maximum absolute atomic E-state index is 11.8. The van der Waals surface area contributed by atoms with Crippen molar-refractivity contribution in [3.05, 3.63) is 54.1 Å². The number of methoxy groups -OCH3 is 2. The van der Waals surface area contributed by atoms with Crippen LogP contribution in [-0.4, -0.2) is 32.5 Å². The van der Waals surface area contributed by atoms with Crippen molar-refractivity contribution in [1.82, 2.24) is 10.6 Å². The van der Waals surface area contributed by atoms with Gasteiger partial charge in [-0.2, -0.15) is 0 Å². The first-order valence-corrected chi connectivity index (χ1v) is 9.12. The van der Waals surface area contributed by atoms with E-state index in [-0.39, 0.29) is 6.03 Å². The minimum absolute atomic E-state index is 0.167. The lowest BCUT2D eigenvalue weighted by Gasteiger charge is -2.11. The number of rotatable bonds is 9. The van der Waals surface area contributed by atoms with Crippen molar-refractivity contribution < 1.29 is 14.3 Å². The van der Waals surface area contributed by atoms with E-state index in [0.717, 1.165) is 17.7 Å². The van der Waals surface area contributed by atoms with Crippen LogP contribution >= 0.6 is 11.8 Å². The summed E-state index contributed by atoms with van der Waals surface area (Å²) >= 11 is 1.79. The van der Waals surface area contributed by atoms with Crippen LogP contribution < -0.4 is 20.1 Å². The van der Waals surface area contributed by atoms with Gasteiger partial charge in [-0.1, -0.05) is 24.3 Å². The first-order valence-electron chi connectivity index (χ1n) is 8.13. The molecule has 0 radical (unpaired) electrons. The minimum atomic E-state index is -0.167. The Kier molecular flexibility index (Phi) is 7.98. The van der Waals surface area contributed by atoms with Gasteiger partial charge in [-0.15, -0.1) is 11.8 Å². The lowest BCUT2D eigenvalue weighted by atomic mass is 10.2. The molecule has 0 aliphatic carbocycles. The predicted octanol–water partition coefficient (Wildman–Crippen LogP) is 3.69. The molecule has 2 N–H and O–H groups in total. The number of urea groups is 1. The van der Waals surface area contributed by atoms with Gasteiger partial charge in [0.15, 0.2) is 11.5 Å². The standard InChI is InChI=1S/C19H24N2O3S/c1-23-17-10-9-15(13-18(17)24-2)14-21-19(22)20-11-6-12-25-16-7-4-3-5-8-16/h3-5,7-10,13H,6,11-12,14H2,1-2H3,(H2,20,21,22). The van der Waals surface area contributed by atoms with Gasteiger partial charge in [-0.05, 0) is 42.0 Å². The largest absolute Gasteiger partial charge is 0.493 e. The van der Waals surface area contributed by atoms with Crippen LogP contribution in [0.3, 0.4) is 0 Å². The molecule has 2 aromatic carbocycles. The van der Waals surface area contributed by atoms with E-state index in [2.05, 4.69) is 22.8 Å². The number of benzene rings is 2. The van der Waals surface area contributed by atoms with Crippen LogP contribution in [0.1, 0.15) is 12.0 Å². The number of hydrogen-bond acceptors (Lipinski definition) is 4. The molecule has 5 nitrogen and oxygen atoms in total. The SMILES string of the molecule is COc1ccc(CNC(=O)NCCCSc2ccccc2)cc1OC. The van der Waals surface area contributed by atoms with Crippen LogP contribution in [0.15, 0.2) is 53.4 Å². The summed E-state index contributed by atoms with van der Waals surface area (Å²) in [7, 11) is 3.19. The normalized spacial score (nSPS) is 10.2. The van der Waals surface area contributed by atoms with E-state index in [4.69, 9.17) is 9.47 Å². The third-order valence-electron chi connectivity index (χ3n) is 3.52. The topological polar surface area (TPSA) is 59.6 Å². The fourth-order valence-electron chi connectivity index (χ4n) is 2.22. The predicted molar refractivity (Wildman–Crippen MR) is 102 cm³/mol. The van der Waals surface area contributed by atoms with E-state index in [9.17, 15) is 4.79 Å². The van der Waals surface area contributed by atoms with Crippen molar-refractivity contribution in [3.8, 4) is 11.5 Å². The maximum Gasteiger partial charge on any atom is 0.315 e. The molecule has 0 saturated carbocycles. The summed E-state index contributed by atoms with van der Waals surface area (Å²) in [5.74, 6) is 2.30. The molecule has 134 valence electrons. The van der Waals surface area contributed by atoms with Gasteiger partial charge in [0.2, 0.25) is 0 Å². The molecule has 0 bridgehead atoms. The zero-order chi connectivity index (χ0) is 17.9.